The number of nitrogens with zero attached hydrogens (tertiary/aromatic N) is 2. The zero-order chi connectivity index (χ0) is 12.3. The average molecular weight is 234 g/mol. The van der Waals surface area contributed by atoms with E-state index < -0.39 is 0 Å². The Bertz CT molecular complexity index is 399. The molecule has 2 aromatic heterocycles. The van der Waals surface area contributed by atoms with Crippen molar-refractivity contribution in [3.63, 3.8) is 0 Å². The molecule has 0 saturated heterocycles. The first-order valence-electron chi connectivity index (χ1n) is 5.62. The highest BCUT2D eigenvalue weighted by atomic mass is 16.5. The Hall–Kier alpha value is -1.62. The van der Waals surface area contributed by atoms with Crippen LogP contribution in [-0.2, 0) is 4.74 Å². The van der Waals surface area contributed by atoms with Gasteiger partial charge in [-0.05, 0) is 0 Å². The lowest BCUT2D eigenvalue weighted by Gasteiger charge is -2.31. The van der Waals surface area contributed by atoms with Gasteiger partial charge in [-0.1, -0.05) is 13.8 Å². The number of imidazole rings is 2. The highest BCUT2D eigenvalue weighted by Gasteiger charge is 2.35. The van der Waals surface area contributed by atoms with Gasteiger partial charge in [-0.2, -0.15) is 0 Å². The van der Waals surface area contributed by atoms with Gasteiger partial charge in [-0.3, -0.25) is 0 Å². The Morgan fingerprint density at radius 3 is 2.06 bits per heavy atom. The van der Waals surface area contributed by atoms with E-state index in [4.69, 9.17) is 4.74 Å². The normalized spacial score (nSPS) is 12.2. The van der Waals surface area contributed by atoms with Crippen molar-refractivity contribution < 1.29 is 4.74 Å². The molecule has 0 aliphatic rings. The molecule has 0 saturated carbocycles. The van der Waals surface area contributed by atoms with Crippen LogP contribution in [0.25, 0.3) is 0 Å². The van der Waals surface area contributed by atoms with E-state index in [0.29, 0.717) is 6.61 Å². The molecular weight excluding hydrogens is 216 g/mol. The molecule has 5 heteroatoms. The molecule has 17 heavy (non-hydrogen) atoms. The first-order chi connectivity index (χ1) is 8.15. The fourth-order valence-corrected chi connectivity index (χ4v) is 2.20. The first kappa shape index (κ1) is 11.9. The summed E-state index contributed by atoms with van der Waals surface area (Å²) in [6.45, 7) is 4.93. The van der Waals surface area contributed by atoms with E-state index in [1.54, 1.807) is 19.5 Å². The number of H-pyrrole nitrogens is 2. The predicted octanol–water partition coefficient (Wildman–Crippen LogP) is 1.94. The molecule has 0 amide bonds. The lowest BCUT2D eigenvalue weighted by molar-refractivity contribution is 0.0895. The third kappa shape index (κ3) is 2.39. The van der Waals surface area contributed by atoms with Crippen LogP contribution >= 0.6 is 0 Å². The lowest BCUT2D eigenvalue weighted by Crippen LogP contribution is -2.29. The molecule has 2 N–H and O–H groups in total. The van der Waals surface area contributed by atoms with Crippen LogP contribution in [0.1, 0.15) is 31.4 Å². The third-order valence-corrected chi connectivity index (χ3v) is 2.88. The summed E-state index contributed by atoms with van der Waals surface area (Å²) in [6.07, 6.45) is 7.17. The van der Waals surface area contributed by atoms with Crippen molar-refractivity contribution in [1.29, 1.82) is 0 Å². The van der Waals surface area contributed by atoms with Gasteiger partial charge in [0.1, 0.15) is 11.6 Å². The van der Waals surface area contributed by atoms with Gasteiger partial charge in [0, 0.05) is 37.3 Å². The van der Waals surface area contributed by atoms with Gasteiger partial charge in [-0.15, -0.1) is 0 Å². The molecule has 0 bridgehead atoms. The Morgan fingerprint density at radius 1 is 1.18 bits per heavy atom. The van der Waals surface area contributed by atoms with Crippen molar-refractivity contribution in [3.05, 3.63) is 36.4 Å². The molecule has 2 heterocycles. The molecule has 0 unspecified atom stereocenters. The first-order valence-corrected chi connectivity index (χ1v) is 5.62. The monoisotopic (exact) mass is 234 g/mol. The van der Waals surface area contributed by atoms with Crippen molar-refractivity contribution >= 4 is 0 Å². The summed E-state index contributed by atoms with van der Waals surface area (Å²) < 4.78 is 5.30. The number of hydrogen-bond acceptors (Lipinski definition) is 3. The van der Waals surface area contributed by atoms with Gasteiger partial charge in [0.2, 0.25) is 0 Å². The lowest BCUT2D eigenvalue weighted by atomic mass is 9.78. The standard InChI is InChI=1S/C12H18N4O/c1-12(2,8-17-3)9(10-13-4-5-14-10)11-15-6-7-16-11/h4-7,9H,8H2,1-3H3,(H,13,14)(H,15,16). The molecule has 5 nitrogen and oxygen atoms in total. The van der Waals surface area contributed by atoms with Gasteiger partial charge in [-0.25, -0.2) is 9.97 Å². The molecule has 92 valence electrons. The number of nitrogens with one attached hydrogen (secondary N) is 2. The quantitative estimate of drug-likeness (QED) is 0.830. The third-order valence-electron chi connectivity index (χ3n) is 2.88. The second kappa shape index (κ2) is 4.71. The molecule has 2 rings (SSSR count). The second-order valence-electron chi connectivity index (χ2n) is 4.80. The molecular formula is C12H18N4O. The van der Waals surface area contributed by atoms with Crippen LogP contribution in [0.5, 0.6) is 0 Å². The summed E-state index contributed by atoms with van der Waals surface area (Å²) in [4.78, 5) is 15.0. The number of hydrogen-bond donors (Lipinski definition) is 2. The summed E-state index contributed by atoms with van der Waals surface area (Å²) in [5.74, 6) is 1.87. The van der Waals surface area contributed by atoms with Gasteiger partial charge in [0.05, 0.1) is 12.5 Å². The van der Waals surface area contributed by atoms with Gasteiger partial charge >= 0.3 is 0 Å². The van der Waals surface area contributed by atoms with Crippen LogP contribution in [-0.4, -0.2) is 33.7 Å². The van der Waals surface area contributed by atoms with Crippen LogP contribution in [0.3, 0.4) is 0 Å². The SMILES string of the molecule is COCC(C)(C)C(c1ncc[nH]1)c1ncc[nH]1. The van der Waals surface area contributed by atoms with E-state index in [2.05, 4.69) is 33.8 Å². The van der Waals surface area contributed by atoms with Gasteiger partial charge < -0.3 is 14.7 Å². The maximum Gasteiger partial charge on any atom is 0.117 e. The summed E-state index contributed by atoms with van der Waals surface area (Å²) in [5, 5.41) is 0. The Labute approximate surface area is 101 Å². The Balaban J connectivity index is 2.38. The van der Waals surface area contributed by atoms with E-state index in [0.717, 1.165) is 11.6 Å². The fourth-order valence-electron chi connectivity index (χ4n) is 2.20. The molecule has 0 aliphatic carbocycles. The van der Waals surface area contributed by atoms with Crippen LogP contribution in [0.4, 0.5) is 0 Å². The maximum absolute atomic E-state index is 5.30. The predicted molar refractivity (Wildman–Crippen MR) is 64.7 cm³/mol. The zero-order valence-electron chi connectivity index (χ0n) is 10.4. The summed E-state index contributed by atoms with van der Waals surface area (Å²) in [5.41, 5.74) is -0.0928. The van der Waals surface area contributed by atoms with E-state index in [9.17, 15) is 0 Å². The van der Waals surface area contributed by atoms with Crippen molar-refractivity contribution in [2.75, 3.05) is 13.7 Å². The fraction of sp³-hybridized carbons (Fsp3) is 0.500. The van der Waals surface area contributed by atoms with E-state index >= 15 is 0 Å². The van der Waals surface area contributed by atoms with Crippen LogP contribution in [0, 0.1) is 5.41 Å². The maximum atomic E-state index is 5.30. The number of methoxy groups -OCH3 is 1. The average Bonchev–Trinajstić information content (AvgIpc) is 2.90. The molecule has 0 radical (unpaired) electrons. The summed E-state index contributed by atoms with van der Waals surface area (Å²) in [6, 6.07) is 0. The largest absolute Gasteiger partial charge is 0.384 e. The van der Waals surface area contributed by atoms with E-state index in [1.165, 1.54) is 0 Å². The van der Waals surface area contributed by atoms with E-state index in [-0.39, 0.29) is 11.3 Å². The minimum Gasteiger partial charge on any atom is -0.384 e. The molecule has 0 spiro atoms. The Morgan fingerprint density at radius 2 is 1.71 bits per heavy atom. The minimum atomic E-state index is -0.0928. The van der Waals surface area contributed by atoms with Crippen molar-refractivity contribution in [2.45, 2.75) is 19.8 Å². The van der Waals surface area contributed by atoms with Crippen molar-refractivity contribution in [3.8, 4) is 0 Å². The van der Waals surface area contributed by atoms with Crippen LogP contribution < -0.4 is 0 Å². The van der Waals surface area contributed by atoms with Crippen molar-refractivity contribution in [2.24, 2.45) is 5.41 Å². The van der Waals surface area contributed by atoms with Gasteiger partial charge in [0.25, 0.3) is 0 Å². The molecule has 0 aromatic carbocycles. The number of ether oxygens (including phenoxy) is 1. The number of aromatic amines is 2. The summed E-state index contributed by atoms with van der Waals surface area (Å²) in [7, 11) is 1.71. The Kier molecular flexibility index (Phi) is 3.28. The van der Waals surface area contributed by atoms with Crippen molar-refractivity contribution in [1.82, 2.24) is 19.9 Å². The van der Waals surface area contributed by atoms with Gasteiger partial charge in [0.15, 0.2) is 0 Å². The molecule has 2 aromatic rings. The zero-order valence-corrected chi connectivity index (χ0v) is 10.4. The van der Waals surface area contributed by atoms with E-state index in [1.807, 2.05) is 12.4 Å². The topological polar surface area (TPSA) is 66.6 Å². The number of aromatic nitrogens is 4. The minimum absolute atomic E-state index is 0.0625. The highest BCUT2D eigenvalue weighted by Crippen LogP contribution is 2.37. The molecule has 0 aliphatic heterocycles. The number of rotatable bonds is 5. The van der Waals surface area contributed by atoms with Crippen LogP contribution in [0.15, 0.2) is 24.8 Å². The highest BCUT2D eigenvalue weighted by molar-refractivity contribution is 5.16. The molecule has 0 atom stereocenters. The van der Waals surface area contributed by atoms with Crippen LogP contribution in [0.2, 0.25) is 0 Å². The summed E-state index contributed by atoms with van der Waals surface area (Å²) >= 11 is 0. The molecule has 0 fully saturated rings. The smallest absolute Gasteiger partial charge is 0.117 e. The second-order valence-corrected chi connectivity index (χ2v) is 4.80.